The minimum atomic E-state index is 0.150. The van der Waals surface area contributed by atoms with Gasteiger partial charge in [0, 0.05) is 34.7 Å². The van der Waals surface area contributed by atoms with Crippen LogP contribution in [0.4, 0.5) is 0 Å². The van der Waals surface area contributed by atoms with Crippen LogP contribution in [-0.4, -0.2) is 10.8 Å². The molecular formula is C14H11BrClNO. The predicted octanol–water partition coefficient (Wildman–Crippen LogP) is 3.85. The highest BCUT2D eigenvalue weighted by Gasteiger charge is 2.06. The van der Waals surface area contributed by atoms with Gasteiger partial charge in [-0.25, -0.2) is 0 Å². The molecule has 4 heteroatoms. The SMILES string of the molecule is O=C(Cc1cccc(Cl)c1)Cc1cncc(Br)c1. The van der Waals surface area contributed by atoms with Crippen molar-refractivity contribution < 1.29 is 4.79 Å². The van der Waals surface area contributed by atoms with Crippen molar-refractivity contribution in [3.8, 4) is 0 Å². The smallest absolute Gasteiger partial charge is 0.141 e. The van der Waals surface area contributed by atoms with Gasteiger partial charge in [-0.15, -0.1) is 0 Å². The molecule has 0 aliphatic carbocycles. The third-order valence-electron chi connectivity index (χ3n) is 2.45. The van der Waals surface area contributed by atoms with Crippen molar-refractivity contribution in [3.63, 3.8) is 0 Å². The van der Waals surface area contributed by atoms with Gasteiger partial charge >= 0.3 is 0 Å². The first-order valence-electron chi connectivity index (χ1n) is 5.49. The van der Waals surface area contributed by atoms with Crippen LogP contribution in [0, 0.1) is 0 Å². The average molecular weight is 325 g/mol. The Morgan fingerprint density at radius 3 is 2.67 bits per heavy atom. The molecule has 92 valence electrons. The average Bonchev–Trinajstić information content (AvgIpc) is 2.28. The summed E-state index contributed by atoms with van der Waals surface area (Å²) in [4.78, 5) is 16.0. The molecule has 0 aliphatic rings. The number of hydrogen-bond donors (Lipinski definition) is 0. The number of pyridine rings is 1. The third kappa shape index (κ3) is 3.93. The van der Waals surface area contributed by atoms with Crippen LogP contribution in [0.15, 0.2) is 47.2 Å². The molecule has 0 bridgehead atoms. The molecule has 0 unspecified atom stereocenters. The summed E-state index contributed by atoms with van der Waals surface area (Å²) in [5.74, 6) is 0.150. The molecule has 0 atom stereocenters. The van der Waals surface area contributed by atoms with Crippen LogP contribution in [0.1, 0.15) is 11.1 Å². The zero-order chi connectivity index (χ0) is 13.0. The van der Waals surface area contributed by atoms with Crippen LogP contribution in [0.2, 0.25) is 5.02 Å². The second kappa shape index (κ2) is 6.12. The van der Waals surface area contributed by atoms with Crippen LogP contribution >= 0.6 is 27.5 Å². The third-order valence-corrected chi connectivity index (χ3v) is 3.12. The second-order valence-electron chi connectivity index (χ2n) is 4.03. The van der Waals surface area contributed by atoms with E-state index in [4.69, 9.17) is 11.6 Å². The molecule has 0 fully saturated rings. The Labute approximate surface area is 119 Å². The molecule has 18 heavy (non-hydrogen) atoms. The standard InChI is InChI=1S/C14H11BrClNO/c15-12-4-11(8-17-9-12)7-14(18)6-10-2-1-3-13(16)5-10/h1-5,8-9H,6-7H2. The lowest BCUT2D eigenvalue weighted by molar-refractivity contribution is -0.117. The van der Waals surface area contributed by atoms with Crippen molar-refractivity contribution >= 4 is 33.3 Å². The van der Waals surface area contributed by atoms with Crippen LogP contribution in [-0.2, 0) is 17.6 Å². The molecule has 0 spiro atoms. The fourth-order valence-electron chi connectivity index (χ4n) is 1.72. The summed E-state index contributed by atoms with van der Waals surface area (Å²) in [5, 5.41) is 0.657. The van der Waals surface area contributed by atoms with Crippen molar-refractivity contribution in [2.45, 2.75) is 12.8 Å². The maximum Gasteiger partial charge on any atom is 0.141 e. The zero-order valence-corrected chi connectivity index (χ0v) is 11.9. The molecule has 0 amide bonds. The summed E-state index contributed by atoms with van der Waals surface area (Å²) >= 11 is 9.22. The highest BCUT2D eigenvalue weighted by Crippen LogP contribution is 2.14. The molecule has 0 radical (unpaired) electrons. The summed E-state index contributed by atoms with van der Waals surface area (Å²) in [5.41, 5.74) is 1.85. The van der Waals surface area contributed by atoms with Gasteiger partial charge in [0.25, 0.3) is 0 Å². The van der Waals surface area contributed by atoms with Crippen LogP contribution in [0.5, 0.6) is 0 Å². The van der Waals surface area contributed by atoms with Crippen molar-refractivity contribution in [1.82, 2.24) is 4.98 Å². The molecule has 0 aliphatic heterocycles. The predicted molar refractivity (Wildman–Crippen MR) is 75.8 cm³/mol. The first-order chi connectivity index (χ1) is 8.63. The Hall–Kier alpha value is -1.19. The Morgan fingerprint density at radius 2 is 1.94 bits per heavy atom. The monoisotopic (exact) mass is 323 g/mol. The van der Waals surface area contributed by atoms with Gasteiger partial charge in [-0.3, -0.25) is 9.78 Å². The molecule has 1 aromatic carbocycles. The van der Waals surface area contributed by atoms with E-state index in [-0.39, 0.29) is 5.78 Å². The van der Waals surface area contributed by atoms with Gasteiger partial charge in [-0.05, 0) is 45.3 Å². The lowest BCUT2D eigenvalue weighted by atomic mass is 10.0. The summed E-state index contributed by atoms with van der Waals surface area (Å²) in [7, 11) is 0. The van der Waals surface area contributed by atoms with E-state index in [1.165, 1.54) is 0 Å². The summed E-state index contributed by atoms with van der Waals surface area (Å²) in [6.45, 7) is 0. The first-order valence-corrected chi connectivity index (χ1v) is 6.66. The Morgan fingerprint density at radius 1 is 1.17 bits per heavy atom. The highest BCUT2D eigenvalue weighted by molar-refractivity contribution is 9.10. The molecule has 1 aromatic heterocycles. The fraction of sp³-hybridized carbons (Fsp3) is 0.143. The number of rotatable bonds is 4. The first kappa shape index (κ1) is 13.2. The van der Waals surface area contributed by atoms with E-state index in [1.54, 1.807) is 18.5 Å². The number of benzene rings is 1. The maximum atomic E-state index is 11.9. The maximum absolute atomic E-state index is 11.9. The molecule has 1 heterocycles. The zero-order valence-electron chi connectivity index (χ0n) is 9.57. The van der Waals surface area contributed by atoms with Gasteiger partial charge in [0.15, 0.2) is 0 Å². The van der Waals surface area contributed by atoms with E-state index in [9.17, 15) is 4.79 Å². The lowest BCUT2D eigenvalue weighted by Crippen LogP contribution is -2.06. The van der Waals surface area contributed by atoms with Crippen molar-refractivity contribution in [2.24, 2.45) is 0 Å². The Kier molecular flexibility index (Phi) is 4.50. The van der Waals surface area contributed by atoms with Crippen LogP contribution in [0.25, 0.3) is 0 Å². The molecule has 0 saturated carbocycles. The molecule has 2 rings (SSSR count). The van der Waals surface area contributed by atoms with E-state index >= 15 is 0 Å². The molecule has 2 nitrogen and oxygen atoms in total. The molecule has 2 aromatic rings. The minimum absolute atomic E-state index is 0.150. The topological polar surface area (TPSA) is 30.0 Å². The van der Waals surface area contributed by atoms with Gasteiger partial charge in [0.05, 0.1) is 0 Å². The highest BCUT2D eigenvalue weighted by atomic mass is 79.9. The van der Waals surface area contributed by atoms with Gasteiger partial charge < -0.3 is 0 Å². The number of carbonyl (C=O) groups excluding carboxylic acids is 1. The summed E-state index contributed by atoms with van der Waals surface area (Å²) < 4.78 is 0.885. The van der Waals surface area contributed by atoms with E-state index in [0.29, 0.717) is 17.9 Å². The van der Waals surface area contributed by atoms with Crippen molar-refractivity contribution in [2.75, 3.05) is 0 Å². The van der Waals surface area contributed by atoms with Crippen LogP contribution < -0.4 is 0 Å². The number of aromatic nitrogens is 1. The van der Waals surface area contributed by atoms with Gasteiger partial charge in [-0.1, -0.05) is 23.7 Å². The van der Waals surface area contributed by atoms with Crippen molar-refractivity contribution in [1.29, 1.82) is 0 Å². The molecule has 0 saturated heterocycles. The van der Waals surface area contributed by atoms with Crippen molar-refractivity contribution in [3.05, 3.63) is 63.3 Å². The number of nitrogens with zero attached hydrogens (tertiary/aromatic N) is 1. The van der Waals surface area contributed by atoms with Gasteiger partial charge in [0.1, 0.15) is 5.78 Å². The largest absolute Gasteiger partial charge is 0.299 e. The normalized spacial score (nSPS) is 10.3. The number of Topliss-reactive ketones (excluding diaryl/α,β-unsaturated/α-hetero) is 1. The van der Waals surface area contributed by atoms with Gasteiger partial charge in [-0.2, -0.15) is 0 Å². The van der Waals surface area contributed by atoms with E-state index in [2.05, 4.69) is 20.9 Å². The lowest BCUT2D eigenvalue weighted by Gasteiger charge is -2.02. The Bertz CT molecular complexity index is 522. The fourth-order valence-corrected chi connectivity index (χ4v) is 2.34. The van der Waals surface area contributed by atoms with E-state index in [0.717, 1.165) is 15.6 Å². The Balaban J connectivity index is 2.01. The molecular weight excluding hydrogens is 314 g/mol. The van der Waals surface area contributed by atoms with E-state index < -0.39 is 0 Å². The second-order valence-corrected chi connectivity index (χ2v) is 5.39. The van der Waals surface area contributed by atoms with E-state index in [1.807, 2.05) is 24.3 Å². The minimum Gasteiger partial charge on any atom is -0.299 e. The quantitative estimate of drug-likeness (QED) is 0.855. The number of carbonyl (C=O) groups is 1. The van der Waals surface area contributed by atoms with Gasteiger partial charge in [0.2, 0.25) is 0 Å². The summed E-state index contributed by atoms with van der Waals surface area (Å²) in [6.07, 6.45) is 4.19. The number of ketones is 1. The van der Waals surface area contributed by atoms with Crippen LogP contribution in [0.3, 0.4) is 0 Å². The number of halogens is 2. The molecule has 0 N–H and O–H groups in total. The number of hydrogen-bond acceptors (Lipinski definition) is 2. The summed E-state index contributed by atoms with van der Waals surface area (Å²) in [6, 6.07) is 9.28.